The summed E-state index contributed by atoms with van der Waals surface area (Å²) in [5, 5.41) is 11.4. The minimum atomic E-state index is -0.563. The molecule has 0 aliphatic heterocycles. The van der Waals surface area contributed by atoms with Crippen LogP contribution < -0.4 is 9.47 Å². The van der Waals surface area contributed by atoms with Gasteiger partial charge in [0.15, 0.2) is 17.2 Å². The maximum atomic E-state index is 12.1. The number of nitrogens with one attached hydrogen (secondary N) is 1. The molecule has 1 heterocycles. The molecule has 0 aliphatic rings. The number of halogens is 2. The number of aromatic nitrogens is 3. The van der Waals surface area contributed by atoms with E-state index in [1.165, 1.54) is 7.11 Å². The van der Waals surface area contributed by atoms with E-state index in [2.05, 4.69) is 15.4 Å². The highest BCUT2D eigenvalue weighted by molar-refractivity contribution is 6.35. The lowest BCUT2D eigenvalue weighted by Gasteiger charge is -2.13. The maximum Gasteiger partial charge on any atom is 0.361 e. The fourth-order valence-corrected chi connectivity index (χ4v) is 3.04. The average molecular weight is 422 g/mol. The van der Waals surface area contributed by atoms with Crippen LogP contribution in [0.4, 0.5) is 0 Å². The van der Waals surface area contributed by atoms with Crippen molar-refractivity contribution in [2.45, 2.75) is 13.5 Å². The fraction of sp³-hybridized carbons (Fsp3) is 0.211. The summed E-state index contributed by atoms with van der Waals surface area (Å²) in [6, 6.07) is 10.4. The number of rotatable bonds is 7. The Morgan fingerprint density at radius 1 is 1.11 bits per heavy atom. The lowest BCUT2D eigenvalue weighted by Crippen LogP contribution is -2.07. The molecule has 0 atom stereocenters. The van der Waals surface area contributed by atoms with Gasteiger partial charge in [-0.25, -0.2) is 4.79 Å². The van der Waals surface area contributed by atoms with E-state index in [-0.39, 0.29) is 18.9 Å². The van der Waals surface area contributed by atoms with Crippen molar-refractivity contribution in [3.05, 3.63) is 57.7 Å². The summed E-state index contributed by atoms with van der Waals surface area (Å²) >= 11 is 12.4. The van der Waals surface area contributed by atoms with Crippen LogP contribution >= 0.6 is 23.2 Å². The van der Waals surface area contributed by atoms with E-state index in [1.807, 2.05) is 0 Å². The summed E-state index contributed by atoms with van der Waals surface area (Å²) in [5.41, 5.74) is 1.71. The summed E-state index contributed by atoms with van der Waals surface area (Å²) in [6.07, 6.45) is 0. The molecule has 0 bridgehead atoms. The third-order valence-electron chi connectivity index (χ3n) is 3.89. The summed E-state index contributed by atoms with van der Waals surface area (Å²) in [5.74, 6) is 0.384. The molecule has 28 heavy (non-hydrogen) atoms. The van der Waals surface area contributed by atoms with Gasteiger partial charge in [0.05, 0.1) is 13.7 Å². The van der Waals surface area contributed by atoms with Gasteiger partial charge in [-0.1, -0.05) is 29.3 Å². The average Bonchev–Trinajstić information content (AvgIpc) is 3.17. The number of ether oxygens (including phenoxy) is 3. The van der Waals surface area contributed by atoms with Crippen molar-refractivity contribution in [2.75, 3.05) is 13.7 Å². The number of aromatic amines is 1. The van der Waals surface area contributed by atoms with E-state index in [1.54, 1.807) is 43.3 Å². The van der Waals surface area contributed by atoms with Gasteiger partial charge in [0.2, 0.25) is 0 Å². The Labute approximate surface area is 171 Å². The van der Waals surface area contributed by atoms with Crippen molar-refractivity contribution in [1.29, 1.82) is 0 Å². The first-order valence-electron chi connectivity index (χ1n) is 8.37. The Morgan fingerprint density at radius 3 is 2.54 bits per heavy atom. The van der Waals surface area contributed by atoms with Gasteiger partial charge in [-0.05, 0) is 37.3 Å². The molecule has 7 nitrogen and oxygen atoms in total. The molecule has 1 N–H and O–H groups in total. The minimum Gasteiger partial charge on any atom is -0.493 e. The summed E-state index contributed by atoms with van der Waals surface area (Å²) in [7, 11) is 1.53. The van der Waals surface area contributed by atoms with Crippen LogP contribution in [0, 0.1) is 0 Å². The lowest BCUT2D eigenvalue weighted by atomic mass is 10.1. The third kappa shape index (κ3) is 4.21. The molecule has 2 aromatic carbocycles. The van der Waals surface area contributed by atoms with Crippen LogP contribution in [0.2, 0.25) is 10.0 Å². The van der Waals surface area contributed by atoms with Crippen molar-refractivity contribution in [3.63, 3.8) is 0 Å². The number of nitrogens with zero attached hydrogens (tertiary/aromatic N) is 2. The number of hydrogen-bond donors (Lipinski definition) is 1. The van der Waals surface area contributed by atoms with Gasteiger partial charge in [-0.15, -0.1) is 5.10 Å². The predicted octanol–water partition coefficient (Wildman–Crippen LogP) is 4.54. The first-order chi connectivity index (χ1) is 13.5. The zero-order valence-electron chi connectivity index (χ0n) is 15.2. The number of hydrogen-bond acceptors (Lipinski definition) is 6. The monoisotopic (exact) mass is 421 g/mol. The summed E-state index contributed by atoms with van der Waals surface area (Å²) < 4.78 is 16.3. The molecule has 9 heteroatoms. The second-order valence-electron chi connectivity index (χ2n) is 5.60. The second kappa shape index (κ2) is 8.95. The largest absolute Gasteiger partial charge is 0.493 e. The number of methoxy groups -OCH3 is 1. The topological polar surface area (TPSA) is 86.3 Å². The van der Waals surface area contributed by atoms with Crippen LogP contribution in [0.15, 0.2) is 36.4 Å². The van der Waals surface area contributed by atoms with Crippen LogP contribution in [0.3, 0.4) is 0 Å². The van der Waals surface area contributed by atoms with Gasteiger partial charge in [0, 0.05) is 21.2 Å². The number of carbonyl (C=O) groups excluding carboxylic acids is 1. The van der Waals surface area contributed by atoms with Crippen molar-refractivity contribution in [3.8, 4) is 22.8 Å². The van der Waals surface area contributed by atoms with Gasteiger partial charge < -0.3 is 14.2 Å². The SMILES string of the molecule is CCOC(=O)c1n[nH]nc1-c1ccc(OC)c(OCc2c(Cl)cccc2Cl)c1. The molecule has 146 valence electrons. The van der Waals surface area contributed by atoms with Crippen molar-refractivity contribution in [1.82, 2.24) is 15.4 Å². The van der Waals surface area contributed by atoms with Crippen LogP contribution in [0.1, 0.15) is 23.0 Å². The zero-order valence-corrected chi connectivity index (χ0v) is 16.7. The lowest BCUT2D eigenvalue weighted by molar-refractivity contribution is 0.0520. The first kappa shape index (κ1) is 20.0. The Hall–Kier alpha value is -2.77. The first-order valence-corrected chi connectivity index (χ1v) is 9.12. The molecule has 0 amide bonds. The van der Waals surface area contributed by atoms with E-state index >= 15 is 0 Å². The van der Waals surface area contributed by atoms with Gasteiger partial charge >= 0.3 is 5.97 Å². The molecule has 0 saturated carbocycles. The van der Waals surface area contributed by atoms with Crippen molar-refractivity contribution in [2.24, 2.45) is 0 Å². The molecule has 1 aromatic heterocycles. The van der Waals surface area contributed by atoms with E-state index in [4.69, 9.17) is 37.4 Å². The van der Waals surface area contributed by atoms with Crippen LogP contribution in [0.5, 0.6) is 11.5 Å². The van der Waals surface area contributed by atoms with Gasteiger partial charge in [0.1, 0.15) is 12.3 Å². The van der Waals surface area contributed by atoms with E-state index in [9.17, 15) is 4.79 Å². The van der Waals surface area contributed by atoms with Gasteiger partial charge in [-0.2, -0.15) is 10.3 Å². The molecule has 0 unspecified atom stereocenters. The molecular formula is C19H17Cl2N3O4. The van der Waals surface area contributed by atoms with Crippen molar-refractivity contribution >= 4 is 29.2 Å². The van der Waals surface area contributed by atoms with Gasteiger partial charge in [0.25, 0.3) is 0 Å². The molecule has 3 rings (SSSR count). The molecule has 0 saturated heterocycles. The minimum absolute atomic E-state index is 0.0899. The quantitative estimate of drug-likeness (QED) is 0.563. The Kier molecular flexibility index (Phi) is 6.38. The highest BCUT2D eigenvalue weighted by Gasteiger charge is 2.20. The molecule has 3 aromatic rings. The summed E-state index contributed by atoms with van der Waals surface area (Å²) in [6.45, 7) is 2.10. The normalized spacial score (nSPS) is 10.6. The zero-order chi connectivity index (χ0) is 20.1. The Bertz CT molecular complexity index is 971. The standard InChI is InChI=1S/C19H17Cl2N3O4/c1-3-27-19(25)18-17(22-24-23-18)11-7-8-15(26-2)16(9-11)28-10-12-13(20)5-4-6-14(12)21/h4-9H,3,10H2,1-2H3,(H,22,23,24). The maximum absolute atomic E-state index is 12.1. The Balaban J connectivity index is 1.91. The van der Waals surface area contributed by atoms with E-state index in [0.29, 0.717) is 38.4 Å². The number of carbonyl (C=O) groups is 1. The third-order valence-corrected chi connectivity index (χ3v) is 4.60. The molecule has 0 spiro atoms. The number of benzene rings is 2. The van der Waals surface area contributed by atoms with E-state index < -0.39 is 5.97 Å². The molecule has 0 fully saturated rings. The molecule has 0 radical (unpaired) electrons. The van der Waals surface area contributed by atoms with Gasteiger partial charge in [-0.3, -0.25) is 0 Å². The van der Waals surface area contributed by atoms with E-state index in [0.717, 1.165) is 0 Å². The summed E-state index contributed by atoms with van der Waals surface area (Å²) in [4.78, 5) is 12.1. The molecular weight excluding hydrogens is 405 g/mol. The Morgan fingerprint density at radius 2 is 1.86 bits per heavy atom. The number of H-pyrrole nitrogens is 1. The second-order valence-corrected chi connectivity index (χ2v) is 6.41. The molecule has 0 aliphatic carbocycles. The van der Waals surface area contributed by atoms with Crippen LogP contribution in [-0.4, -0.2) is 35.1 Å². The fourth-order valence-electron chi connectivity index (χ4n) is 2.53. The predicted molar refractivity (Wildman–Crippen MR) is 105 cm³/mol. The highest BCUT2D eigenvalue weighted by atomic mass is 35.5. The van der Waals surface area contributed by atoms with Crippen LogP contribution in [-0.2, 0) is 11.3 Å². The number of esters is 1. The van der Waals surface area contributed by atoms with Crippen molar-refractivity contribution < 1.29 is 19.0 Å². The highest BCUT2D eigenvalue weighted by Crippen LogP contribution is 2.34. The van der Waals surface area contributed by atoms with Crippen LogP contribution in [0.25, 0.3) is 11.3 Å². The smallest absolute Gasteiger partial charge is 0.361 e.